The number of aliphatic hydroxyl groups excluding tert-OH is 1. The van der Waals surface area contributed by atoms with Crippen LogP contribution in [-0.2, 0) is 11.8 Å². The van der Waals surface area contributed by atoms with Crippen molar-refractivity contribution in [1.29, 1.82) is 0 Å². The van der Waals surface area contributed by atoms with Crippen LogP contribution in [0.25, 0.3) is 0 Å². The van der Waals surface area contributed by atoms with E-state index in [0.29, 0.717) is 5.75 Å². The molecule has 1 saturated carbocycles. The SMILES string of the molecule is CCC(CC)(c1ccc(O)c(C)c1)c1ccc(CCC(O)C2(C)CC2)c(C)c1. The Kier molecular flexibility index (Phi) is 5.91. The van der Waals surface area contributed by atoms with Crippen molar-refractivity contribution in [1.82, 2.24) is 0 Å². The van der Waals surface area contributed by atoms with Gasteiger partial charge in [0, 0.05) is 5.41 Å². The molecule has 2 aromatic carbocycles. The van der Waals surface area contributed by atoms with Gasteiger partial charge in [-0.25, -0.2) is 0 Å². The van der Waals surface area contributed by atoms with Crippen LogP contribution in [0.5, 0.6) is 5.75 Å². The average Bonchev–Trinajstić information content (AvgIpc) is 3.44. The van der Waals surface area contributed by atoms with Gasteiger partial charge in [-0.05, 0) is 91.7 Å². The topological polar surface area (TPSA) is 40.5 Å². The fraction of sp³-hybridized carbons (Fsp3) is 0.538. The maximum atomic E-state index is 10.4. The quantitative estimate of drug-likeness (QED) is 0.571. The molecule has 28 heavy (non-hydrogen) atoms. The zero-order valence-corrected chi connectivity index (χ0v) is 18.2. The highest BCUT2D eigenvalue weighted by Gasteiger charge is 2.43. The normalized spacial score (nSPS) is 16.8. The Hall–Kier alpha value is -1.80. The van der Waals surface area contributed by atoms with Crippen LogP contribution in [0.1, 0.15) is 80.7 Å². The minimum Gasteiger partial charge on any atom is -0.508 e. The lowest BCUT2D eigenvalue weighted by Gasteiger charge is -2.34. The number of aryl methyl sites for hydroxylation is 3. The van der Waals surface area contributed by atoms with E-state index in [-0.39, 0.29) is 16.9 Å². The summed E-state index contributed by atoms with van der Waals surface area (Å²) in [5.74, 6) is 0.360. The number of hydrogen-bond donors (Lipinski definition) is 2. The summed E-state index contributed by atoms with van der Waals surface area (Å²) in [4.78, 5) is 0. The second-order valence-electron chi connectivity index (χ2n) is 9.14. The minimum absolute atomic E-state index is 0.0389. The molecule has 3 rings (SSSR count). The molecule has 0 aromatic heterocycles. The summed E-state index contributed by atoms with van der Waals surface area (Å²) >= 11 is 0. The van der Waals surface area contributed by atoms with E-state index in [1.165, 1.54) is 22.3 Å². The maximum Gasteiger partial charge on any atom is 0.118 e. The maximum absolute atomic E-state index is 10.4. The monoisotopic (exact) mass is 380 g/mol. The number of hydrogen-bond acceptors (Lipinski definition) is 2. The second kappa shape index (κ2) is 7.91. The van der Waals surface area contributed by atoms with Gasteiger partial charge in [0.2, 0.25) is 0 Å². The Bertz CT molecular complexity index is 828. The standard InChI is InChI=1S/C26H36O2/c1-6-26(7-2,22-11-12-23(27)19(4)17-22)21-10-8-20(18(3)16-21)9-13-24(28)25(5)14-15-25/h8,10-12,16-17,24,27-28H,6-7,9,13-15H2,1-5H3. The van der Waals surface area contributed by atoms with Crippen molar-refractivity contribution < 1.29 is 10.2 Å². The van der Waals surface area contributed by atoms with E-state index in [1.54, 1.807) is 0 Å². The van der Waals surface area contributed by atoms with Crippen molar-refractivity contribution >= 4 is 0 Å². The van der Waals surface area contributed by atoms with Crippen molar-refractivity contribution in [3.63, 3.8) is 0 Å². The molecule has 0 bridgehead atoms. The van der Waals surface area contributed by atoms with Gasteiger partial charge in [-0.15, -0.1) is 0 Å². The lowest BCUT2D eigenvalue weighted by atomic mass is 9.69. The molecule has 0 saturated heterocycles. The Balaban J connectivity index is 1.87. The van der Waals surface area contributed by atoms with Gasteiger partial charge in [0.05, 0.1) is 6.10 Å². The van der Waals surface area contributed by atoms with Crippen molar-refractivity contribution in [2.75, 3.05) is 0 Å². The van der Waals surface area contributed by atoms with Crippen molar-refractivity contribution in [2.24, 2.45) is 5.41 Å². The van der Waals surface area contributed by atoms with Gasteiger partial charge in [-0.2, -0.15) is 0 Å². The Labute approximate surface area is 170 Å². The molecular weight excluding hydrogens is 344 g/mol. The highest BCUT2D eigenvalue weighted by atomic mass is 16.3. The van der Waals surface area contributed by atoms with Crippen LogP contribution in [0, 0.1) is 19.3 Å². The highest BCUT2D eigenvalue weighted by molar-refractivity contribution is 5.46. The van der Waals surface area contributed by atoms with E-state index in [2.05, 4.69) is 58.0 Å². The molecule has 0 amide bonds. The molecule has 2 nitrogen and oxygen atoms in total. The first-order chi connectivity index (χ1) is 13.3. The molecule has 1 atom stereocenters. The van der Waals surface area contributed by atoms with Gasteiger partial charge in [0.1, 0.15) is 5.75 Å². The van der Waals surface area contributed by atoms with E-state index < -0.39 is 0 Å². The van der Waals surface area contributed by atoms with Crippen molar-refractivity contribution in [2.45, 2.75) is 84.7 Å². The molecule has 0 aliphatic heterocycles. The van der Waals surface area contributed by atoms with Gasteiger partial charge in [-0.3, -0.25) is 0 Å². The van der Waals surface area contributed by atoms with Crippen molar-refractivity contribution in [3.8, 4) is 5.75 Å². The zero-order chi connectivity index (χ0) is 20.5. The van der Waals surface area contributed by atoms with E-state index in [1.807, 2.05) is 13.0 Å². The summed E-state index contributed by atoms with van der Waals surface area (Å²) < 4.78 is 0. The number of benzene rings is 2. The van der Waals surface area contributed by atoms with Crippen molar-refractivity contribution in [3.05, 3.63) is 64.2 Å². The molecule has 0 spiro atoms. The van der Waals surface area contributed by atoms with Crippen LogP contribution >= 0.6 is 0 Å². The van der Waals surface area contributed by atoms with Crippen LogP contribution < -0.4 is 0 Å². The zero-order valence-electron chi connectivity index (χ0n) is 18.2. The van der Waals surface area contributed by atoms with E-state index in [4.69, 9.17) is 0 Å². The van der Waals surface area contributed by atoms with Gasteiger partial charge < -0.3 is 10.2 Å². The van der Waals surface area contributed by atoms with Gasteiger partial charge in [0.15, 0.2) is 0 Å². The Morgan fingerprint density at radius 3 is 2.04 bits per heavy atom. The Morgan fingerprint density at radius 1 is 0.964 bits per heavy atom. The third kappa shape index (κ3) is 3.85. The van der Waals surface area contributed by atoms with Gasteiger partial charge >= 0.3 is 0 Å². The number of phenolic OH excluding ortho intramolecular Hbond substituents is 1. The van der Waals surface area contributed by atoms with Crippen LogP contribution in [0.4, 0.5) is 0 Å². The molecular formula is C26H36O2. The lowest BCUT2D eigenvalue weighted by molar-refractivity contribution is 0.0945. The number of aliphatic hydroxyl groups is 1. The summed E-state index contributed by atoms with van der Waals surface area (Å²) in [5, 5.41) is 20.4. The molecule has 2 heteroatoms. The summed E-state index contributed by atoms with van der Waals surface area (Å²) in [6.45, 7) is 10.9. The fourth-order valence-corrected chi connectivity index (χ4v) is 4.63. The van der Waals surface area contributed by atoms with E-state index >= 15 is 0 Å². The molecule has 0 radical (unpaired) electrons. The summed E-state index contributed by atoms with van der Waals surface area (Å²) in [6, 6.07) is 12.9. The average molecular weight is 381 g/mol. The first kappa shape index (κ1) is 20.9. The Morgan fingerprint density at radius 2 is 1.54 bits per heavy atom. The molecule has 152 valence electrons. The van der Waals surface area contributed by atoms with Gasteiger partial charge in [0.25, 0.3) is 0 Å². The molecule has 0 heterocycles. The van der Waals surface area contributed by atoms with Crippen LogP contribution in [0.2, 0.25) is 0 Å². The third-order valence-corrected chi connectivity index (χ3v) is 7.38. The number of aromatic hydroxyl groups is 1. The van der Waals surface area contributed by atoms with Crippen LogP contribution in [0.15, 0.2) is 36.4 Å². The first-order valence-corrected chi connectivity index (χ1v) is 10.8. The molecule has 1 fully saturated rings. The lowest BCUT2D eigenvalue weighted by Crippen LogP contribution is -2.26. The highest BCUT2D eigenvalue weighted by Crippen LogP contribution is 2.49. The number of phenols is 1. The largest absolute Gasteiger partial charge is 0.508 e. The predicted octanol–water partition coefficient (Wildman–Crippen LogP) is 6.21. The van der Waals surface area contributed by atoms with E-state index in [9.17, 15) is 10.2 Å². The number of rotatable bonds is 8. The van der Waals surface area contributed by atoms with E-state index in [0.717, 1.165) is 44.1 Å². The third-order valence-electron chi connectivity index (χ3n) is 7.38. The predicted molar refractivity (Wildman–Crippen MR) is 117 cm³/mol. The molecule has 2 aromatic rings. The smallest absolute Gasteiger partial charge is 0.118 e. The fourth-order valence-electron chi connectivity index (χ4n) is 4.63. The molecule has 1 aliphatic carbocycles. The summed E-state index contributed by atoms with van der Waals surface area (Å²) in [7, 11) is 0. The molecule has 2 N–H and O–H groups in total. The first-order valence-electron chi connectivity index (χ1n) is 10.8. The second-order valence-corrected chi connectivity index (χ2v) is 9.14. The van der Waals surface area contributed by atoms with Crippen LogP contribution in [0.3, 0.4) is 0 Å². The minimum atomic E-state index is -0.183. The molecule has 1 aliphatic rings. The summed E-state index contributed by atoms with van der Waals surface area (Å²) in [5.41, 5.74) is 6.34. The molecule has 1 unspecified atom stereocenters. The summed E-state index contributed by atoms with van der Waals surface area (Å²) in [6.07, 6.45) is 5.96. The van der Waals surface area contributed by atoms with Crippen LogP contribution in [-0.4, -0.2) is 16.3 Å². The van der Waals surface area contributed by atoms with Gasteiger partial charge in [-0.1, -0.05) is 51.1 Å².